The highest BCUT2D eigenvalue weighted by atomic mass is 32.2. The molecular weight excluding hydrogens is 458 g/mol. The van der Waals surface area contributed by atoms with Gasteiger partial charge < -0.3 is 9.80 Å². The molecule has 33 heavy (non-hydrogen) atoms. The zero-order valence-corrected chi connectivity index (χ0v) is 20.2. The molecule has 0 N–H and O–H groups in total. The number of rotatable bonds is 4. The molecule has 2 amide bonds. The van der Waals surface area contributed by atoms with E-state index in [1.807, 2.05) is 31.2 Å². The molecule has 5 rings (SSSR count). The lowest BCUT2D eigenvalue weighted by Gasteiger charge is -2.32. The van der Waals surface area contributed by atoms with E-state index in [0.717, 1.165) is 41.8 Å². The fourth-order valence-corrected chi connectivity index (χ4v) is 7.38. The standard InChI is InChI=1S/C24H27N3O4S2/c1-17-13-18-7-3-4-8-20(18)27(17)23(28)15-26-21-14-19(9-10-22(21)32-16-24(26)29)33(30,31)25-11-5-2-6-12-25/h3-4,7-10,14,17H,2,5-6,11-13,15-16H2,1H3/t17-/m1/s1. The van der Waals surface area contributed by atoms with Crippen LogP contribution in [0.4, 0.5) is 11.4 Å². The zero-order chi connectivity index (χ0) is 23.2. The summed E-state index contributed by atoms with van der Waals surface area (Å²) in [6.45, 7) is 2.92. The number of piperidine rings is 1. The number of hydrogen-bond acceptors (Lipinski definition) is 5. The number of carbonyl (C=O) groups excluding carboxylic acids is 2. The van der Waals surface area contributed by atoms with Crippen LogP contribution >= 0.6 is 11.8 Å². The summed E-state index contributed by atoms with van der Waals surface area (Å²) in [6, 6.07) is 12.8. The largest absolute Gasteiger partial charge is 0.307 e. The van der Waals surface area contributed by atoms with Gasteiger partial charge >= 0.3 is 0 Å². The number of benzene rings is 2. The van der Waals surface area contributed by atoms with Crippen LogP contribution in [0.2, 0.25) is 0 Å². The molecule has 3 aliphatic rings. The third kappa shape index (κ3) is 4.06. The molecule has 174 valence electrons. The van der Waals surface area contributed by atoms with Crippen LogP contribution in [0, 0.1) is 0 Å². The molecule has 1 atom stereocenters. The first-order valence-corrected chi connectivity index (χ1v) is 13.8. The number of nitrogens with zero attached hydrogens (tertiary/aromatic N) is 3. The Morgan fingerprint density at radius 3 is 2.61 bits per heavy atom. The molecule has 0 unspecified atom stereocenters. The van der Waals surface area contributed by atoms with Gasteiger partial charge in [0.1, 0.15) is 6.54 Å². The molecule has 3 aliphatic heterocycles. The molecule has 0 spiro atoms. The number of thioether (sulfide) groups is 1. The van der Waals surface area contributed by atoms with Crippen LogP contribution < -0.4 is 9.80 Å². The molecule has 7 nitrogen and oxygen atoms in total. The van der Waals surface area contributed by atoms with Crippen molar-refractivity contribution < 1.29 is 18.0 Å². The molecule has 1 fully saturated rings. The highest BCUT2D eigenvalue weighted by Gasteiger charge is 2.35. The third-order valence-corrected chi connectivity index (χ3v) is 9.54. The second kappa shape index (κ2) is 8.77. The van der Waals surface area contributed by atoms with Gasteiger partial charge in [-0.25, -0.2) is 8.42 Å². The summed E-state index contributed by atoms with van der Waals surface area (Å²) in [7, 11) is -3.64. The number of sulfonamides is 1. The first kappa shape index (κ1) is 22.4. The normalized spacial score (nSPS) is 21.1. The topological polar surface area (TPSA) is 78.0 Å². The van der Waals surface area contributed by atoms with E-state index in [0.29, 0.717) is 18.8 Å². The summed E-state index contributed by atoms with van der Waals surface area (Å²) in [5.74, 6) is -0.124. The fourth-order valence-electron chi connectivity index (χ4n) is 4.93. The van der Waals surface area contributed by atoms with Crippen molar-refractivity contribution in [2.45, 2.75) is 48.4 Å². The van der Waals surface area contributed by atoms with Gasteiger partial charge in [0.25, 0.3) is 0 Å². The van der Waals surface area contributed by atoms with E-state index in [4.69, 9.17) is 0 Å². The Kier molecular flexibility index (Phi) is 5.96. The summed E-state index contributed by atoms with van der Waals surface area (Å²) in [6.07, 6.45) is 3.53. The van der Waals surface area contributed by atoms with Gasteiger partial charge in [0.05, 0.1) is 16.3 Å². The van der Waals surface area contributed by atoms with Gasteiger partial charge in [-0.3, -0.25) is 9.59 Å². The molecule has 0 bridgehead atoms. The Labute approximate surface area is 198 Å². The van der Waals surface area contributed by atoms with E-state index >= 15 is 0 Å². The lowest BCUT2D eigenvalue weighted by Crippen LogP contribution is -2.47. The monoisotopic (exact) mass is 485 g/mol. The predicted molar refractivity (Wildman–Crippen MR) is 129 cm³/mol. The zero-order valence-electron chi connectivity index (χ0n) is 18.6. The first-order valence-electron chi connectivity index (χ1n) is 11.3. The average molecular weight is 486 g/mol. The van der Waals surface area contributed by atoms with Crippen LogP contribution in [-0.2, 0) is 26.0 Å². The van der Waals surface area contributed by atoms with Gasteiger partial charge in [-0.2, -0.15) is 4.31 Å². The quantitative estimate of drug-likeness (QED) is 0.664. The van der Waals surface area contributed by atoms with E-state index in [9.17, 15) is 18.0 Å². The van der Waals surface area contributed by atoms with Crippen molar-refractivity contribution >= 4 is 45.0 Å². The second-order valence-corrected chi connectivity index (χ2v) is 11.8. The average Bonchev–Trinajstić information content (AvgIpc) is 3.16. The van der Waals surface area contributed by atoms with Gasteiger partial charge in [0.15, 0.2) is 0 Å². The Balaban J connectivity index is 1.45. The Hall–Kier alpha value is -2.36. The van der Waals surface area contributed by atoms with E-state index in [-0.39, 0.29) is 35.0 Å². The van der Waals surface area contributed by atoms with Crippen molar-refractivity contribution in [1.82, 2.24) is 4.31 Å². The van der Waals surface area contributed by atoms with Gasteiger partial charge in [0.2, 0.25) is 21.8 Å². The number of carbonyl (C=O) groups is 2. The molecule has 0 aromatic heterocycles. The maximum absolute atomic E-state index is 13.4. The van der Waals surface area contributed by atoms with Crippen LogP contribution in [0.3, 0.4) is 0 Å². The fraction of sp³-hybridized carbons (Fsp3) is 0.417. The van der Waals surface area contributed by atoms with E-state index in [1.165, 1.54) is 21.0 Å². The molecule has 2 aromatic rings. The maximum atomic E-state index is 13.4. The van der Waals surface area contributed by atoms with E-state index in [2.05, 4.69) is 0 Å². The summed E-state index contributed by atoms with van der Waals surface area (Å²) < 4.78 is 27.9. The van der Waals surface area contributed by atoms with E-state index < -0.39 is 10.0 Å². The molecular formula is C24H27N3O4S2. The third-order valence-electron chi connectivity index (χ3n) is 6.60. The first-order chi connectivity index (χ1) is 15.9. The molecule has 9 heteroatoms. The predicted octanol–water partition coefficient (Wildman–Crippen LogP) is 3.28. The Morgan fingerprint density at radius 2 is 1.82 bits per heavy atom. The highest BCUT2D eigenvalue weighted by Crippen LogP contribution is 2.38. The van der Waals surface area contributed by atoms with Crippen molar-refractivity contribution in [2.24, 2.45) is 0 Å². The van der Waals surface area contributed by atoms with Crippen molar-refractivity contribution in [1.29, 1.82) is 0 Å². The number of anilines is 2. The van der Waals surface area contributed by atoms with Crippen LogP contribution in [-0.4, -0.2) is 56.0 Å². The molecule has 1 saturated heterocycles. The summed E-state index contributed by atoms with van der Waals surface area (Å²) in [5, 5.41) is 0. The van der Waals surface area contributed by atoms with Crippen LogP contribution in [0.1, 0.15) is 31.7 Å². The number of fused-ring (bicyclic) bond motifs is 2. The molecule has 0 radical (unpaired) electrons. The van der Waals surface area contributed by atoms with Crippen LogP contribution in [0.25, 0.3) is 0 Å². The number of para-hydroxylation sites is 1. The van der Waals surface area contributed by atoms with Crippen molar-refractivity contribution in [3.05, 3.63) is 48.0 Å². The lowest BCUT2D eigenvalue weighted by atomic mass is 10.1. The highest BCUT2D eigenvalue weighted by molar-refractivity contribution is 8.00. The SMILES string of the molecule is C[C@@H]1Cc2ccccc2N1C(=O)CN1C(=O)CSc2ccc(S(=O)(=O)N3CCCCC3)cc21. The minimum atomic E-state index is -3.64. The van der Waals surface area contributed by atoms with Crippen molar-refractivity contribution in [3.8, 4) is 0 Å². The molecule has 3 heterocycles. The number of hydrogen-bond donors (Lipinski definition) is 0. The van der Waals surface area contributed by atoms with Crippen molar-refractivity contribution in [3.63, 3.8) is 0 Å². The molecule has 0 saturated carbocycles. The Morgan fingerprint density at radius 1 is 1.06 bits per heavy atom. The van der Waals surface area contributed by atoms with Gasteiger partial charge in [-0.05, 0) is 56.0 Å². The summed E-state index contributed by atoms with van der Waals surface area (Å²) in [5.41, 5.74) is 2.51. The lowest BCUT2D eigenvalue weighted by molar-refractivity contribution is -0.121. The summed E-state index contributed by atoms with van der Waals surface area (Å²) in [4.78, 5) is 30.5. The van der Waals surface area contributed by atoms with E-state index in [1.54, 1.807) is 23.1 Å². The van der Waals surface area contributed by atoms with Gasteiger partial charge in [0, 0.05) is 29.7 Å². The second-order valence-electron chi connectivity index (χ2n) is 8.81. The Bertz CT molecular complexity index is 1210. The van der Waals surface area contributed by atoms with Crippen molar-refractivity contribution in [2.75, 3.05) is 35.2 Å². The maximum Gasteiger partial charge on any atom is 0.247 e. The smallest absolute Gasteiger partial charge is 0.247 e. The number of amides is 2. The minimum Gasteiger partial charge on any atom is -0.307 e. The van der Waals surface area contributed by atoms with Gasteiger partial charge in [-0.1, -0.05) is 24.6 Å². The summed E-state index contributed by atoms with van der Waals surface area (Å²) >= 11 is 1.38. The molecule has 2 aromatic carbocycles. The van der Waals surface area contributed by atoms with Crippen LogP contribution in [0.15, 0.2) is 52.3 Å². The molecule has 0 aliphatic carbocycles. The van der Waals surface area contributed by atoms with Crippen LogP contribution in [0.5, 0.6) is 0 Å². The van der Waals surface area contributed by atoms with Gasteiger partial charge in [-0.15, -0.1) is 11.8 Å². The minimum absolute atomic E-state index is 0.00875.